The van der Waals surface area contributed by atoms with Crippen LogP contribution in [0.1, 0.15) is 16.8 Å². The quantitative estimate of drug-likeness (QED) is 0.797. The third-order valence-corrected chi connectivity index (χ3v) is 2.81. The van der Waals surface area contributed by atoms with Crippen molar-refractivity contribution in [3.63, 3.8) is 0 Å². The monoisotopic (exact) mass is 266 g/mol. The van der Waals surface area contributed by atoms with Crippen molar-refractivity contribution >= 4 is 11.6 Å². The molecule has 2 aromatic rings. The van der Waals surface area contributed by atoms with Gasteiger partial charge in [0.05, 0.1) is 5.88 Å². The molecule has 1 heterocycles. The summed E-state index contributed by atoms with van der Waals surface area (Å²) >= 11 is 5.71. The Morgan fingerprint density at radius 3 is 2.72 bits per heavy atom. The molecule has 0 saturated heterocycles. The van der Waals surface area contributed by atoms with Gasteiger partial charge >= 0.3 is 6.01 Å². The summed E-state index contributed by atoms with van der Waals surface area (Å²) < 4.78 is 18.7. The van der Waals surface area contributed by atoms with Crippen molar-refractivity contribution in [3.05, 3.63) is 53.1 Å². The van der Waals surface area contributed by atoms with Crippen molar-refractivity contribution in [2.24, 2.45) is 0 Å². The molecule has 0 radical (unpaired) electrons. The van der Waals surface area contributed by atoms with E-state index in [2.05, 4.69) is 9.97 Å². The number of hydrogen-bond acceptors (Lipinski definition) is 3. The van der Waals surface area contributed by atoms with Crippen LogP contribution in [0.3, 0.4) is 0 Å². The molecule has 0 spiro atoms. The van der Waals surface area contributed by atoms with Crippen LogP contribution in [-0.4, -0.2) is 9.97 Å². The highest BCUT2D eigenvalue weighted by molar-refractivity contribution is 6.17. The molecule has 0 fully saturated rings. The van der Waals surface area contributed by atoms with E-state index in [1.54, 1.807) is 24.4 Å². The minimum absolute atomic E-state index is 0.104. The van der Waals surface area contributed by atoms with Gasteiger partial charge in [-0.1, -0.05) is 18.2 Å². The highest BCUT2D eigenvalue weighted by Crippen LogP contribution is 2.13. The van der Waals surface area contributed by atoms with E-state index in [4.69, 9.17) is 16.3 Å². The number of aryl methyl sites for hydroxylation is 1. The molecule has 94 valence electrons. The SMILES string of the molecule is Cc1nc(OCc2ccccc2F)ncc1CCl. The second-order valence-electron chi connectivity index (χ2n) is 3.78. The molecule has 5 heteroatoms. The van der Waals surface area contributed by atoms with Gasteiger partial charge in [0.25, 0.3) is 0 Å². The van der Waals surface area contributed by atoms with E-state index in [0.717, 1.165) is 11.3 Å². The number of halogens is 2. The van der Waals surface area contributed by atoms with E-state index in [-0.39, 0.29) is 18.4 Å². The van der Waals surface area contributed by atoms with Crippen molar-refractivity contribution < 1.29 is 9.13 Å². The number of aromatic nitrogens is 2. The number of rotatable bonds is 4. The largest absolute Gasteiger partial charge is 0.458 e. The maximum atomic E-state index is 13.4. The second kappa shape index (κ2) is 5.78. The molecule has 0 N–H and O–H groups in total. The van der Waals surface area contributed by atoms with Gasteiger partial charge in [-0.3, -0.25) is 0 Å². The van der Waals surface area contributed by atoms with E-state index >= 15 is 0 Å². The third kappa shape index (κ3) is 2.96. The topological polar surface area (TPSA) is 35.0 Å². The smallest absolute Gasteiger partial charge is 0.316 e. The third-order valence-electron chi connectivity index (χ3n) is 2.52. The van der Waals surface area contributed by atoms with Gasteiger partial charge in [0.15, 0.2) is 0 Å². The summed E-state index contributed by atoms with van der Waals surface area (Å²) in [6, 6.07) is 6.67. The van der Waals surface area contributed by atoms with Gasteiger partial charge < -0.3 is 4.74 Å². The zero-order valence-corrected chi connectivity index (χ0v) is 10.6. The molecule has 0 amide bonds. The second-order valence-corrected chi connectivity index (χ2v) is 4.04. The average molecular weight is 267 g/mol. The summed E-state index contributed by atoms with van der Waals surface area (Å²) in [5, 5.41) is 0. The molecule has 0 bridgehead atoms. The van der Waals surface area contributed by atoms with Crippen LogP contribution in [0.15, 0.2) is 30.5 Å². The molecule has 0 atom stereocenters. The molecule has 0 aliphatic rings. The number of nitrogens with zero attached hydrogens (tertiary/aromatic N) is 2. The predicted octanol–water partition coefficient (Wildman–Crippen LogP) is 3.24. The zero-order chi connectivity index (χ0) is 13.0. The maximum Gasteiger partial charge on any atom is 0.316 e. The highest BCUT2D eigenvalue weighted by Gasteiger charge is 2.05. The molecule has 3 nitrogen and oxygen atoms in total. The Labute approximate surface area is 110 Å². The first kappa shape index (κ1) is 12.8. The molecule has 0 aliphatic carbocycles. The lowest BCUT2D eigenvalue weighted by Crippen LogP contribution is -2.03. The van der Waals surface area contributed by atoms with Gasteiger partial charge in [-0.2, -0.15) is 0 Å². The Hall–Kier alpha value is -1.68. The normalized spacial score (nSPS) is 10.4. The van der Waals surface area contributed by atoms with Crippen molar-refractivity contribution in [3.8, 4) is 6.01 Å². The van der Waals surface area contributed by atoms with Crippen molar-refractivity contribution in [2.75, 3.05) is 0 Å². The van der Waals surface area contributed by atoms with Crippen molar-refractivity contribution in [1.29, 1.82) is 0 Å². The Morgan fingerprint density at radius 2 is 2.06 bits per heavy atom. The molecular weight excluding hydrogens is 255 g/mol. The van der Waals surface area contributed by atoms with Crippen LogP contribution < -0.4 is 4.74 Å². The fourth-order valence-electron chi connectivity index (χ4n) is 1.43. The number of hydrogen-bond donors (Lipinski definition) is 0. The molecular formula is C13H12ClFN2O. The Balaban J connectivity index is 2.07. The minimum atomic E-state index is -0.299. The van der Waals surface area contributed by atoms with E-state index < -0.39 is 0 Å². The summed E-state index contributed by atoms with van der Waals surface area (Å²) in [4.78, 5) is 8.16. The van der Waals surface area contributed by atoms with Crippen LogP contribution in [0.5, 0.6) is 6.01 Å². The zero-order valence-electron chi connectivity index (χ0n) is 9.86. The van der Waals surface area contributed by atoms with Gasteiger partial charge in [0.2, 0.25) is 0 Å². The minimum Gasteiger partial charge on any atom is -0.458 e. The van der Waals surface area contributed by atoms with Gasteiger partial charge in [0.1, 0.15) is 12.4 Å². The van der Waals surface area contributed by atoms with Crippen LogP contribution in [0.4, 0.5) is 4.39 Å². The summed E-state index contributed by atoms with van der Waals surface area (Å²) in [7, 11) is 0. The molecule has 0 unspecified atom stereocenters. The van der Waals surface area contributed by atoms with Gasteiger partial charge in [-0.15, -0.1) is 11.6 Å². The maximum absolute atomic E-state index is 13.4. The predicted molar refractivity (Wildman–Crippen MR) is 67.1 cm³/mol. The lowest BCUT2D eigenvalue weighted by atomic mass is 10.2. The van der Waals surface area contributed by atoms with E-state index in [9.17, 15) is 4.39 Å². The van der Waals surface area contributed by atoms with Crippen molar-refractivity contribution in [1.82, 2.24) is 9.97 Å². The molecule has 18 heavy (non-hydrogen) atoms. The number of benzene rings is 1. The Kier molecular flexibility index (Phi) is 4.10. The fourth-order valence-corrected chi connectivity index (χ4v) is 1.69. The highest BCUT2D eigenvalue weighted by atomic mass is 35.5. The average Bonchev–Trinajstić information content (AvgIpc) is 2.38. The Bertz CT molecular complexity index is 548. The fraction of sp³-hybridized carbons (Fsp3) is 0.231. The molecule has 1 aromatic carbocycles. The lowest BCUT2D eigenvalue weighted by Gasteiger charge is -2.07. The summed E-state index contributed by atoms with van der Waals surface area (Å²) in [5.41, 5.74) is 2.10. The lowest BCUT2D eigenvalue weighted by molar-refractivity contribution is 0.274. The van der Waals surface area contributed by atoms with Crippen LogP contribution in [-0.2, 0) is 12.5 Å². The molecule has 1 aromatic heterocycles. The molecule has 0 saturated carbocycles. The number of alkyl halides is 1. The van der Waals surface area contributed by atoms with Crippen LogP contribution in [0.2, 0.25) is 0 Å². The first-order chi connectivity index (χ1) is 8.70. The van der Waals surface area contributed by atoms with Crippen LogP contribution in [0, 0.1) is 12.7 Å². The van der Waals surface area contributed by atoms with E-state index in [1.165, 1.54) is 6.07 Å². The van der Waals surface area contributed by atoms with Crippen LogP contribution >= 0.6 is 11.6 Å². The van der Waals surface area contributed by atoms with Crippen molar-refractivity contribution in [2.45, 2.75) is 19.4 Å². The van der Waals surface area contributed by atoms with Gasteiger partial charge in [-0.05, 0) is 13.0 Å². The first-order valence-electron chi connectivity index (χ1n) is 5.45. The number of ether oxygens (including phenoxy) is 1. The first-order valence-corrected chi connectivity index (χ1v) is 5.99. The summed E-state index contributed by atoms with van der Waals surface area (Å²) in [5.74, 6) is 0.0611. The van der Waals surface area contributed by atoms with Gasteiger partial charge in [0, 0.05) is 23.0 Å². The van der Waals surface area contributed by atoms with E-state index in [1.807, 2.05) is 6.92 Å². The molecule has 2 rings (SSSR count). The molecule has 0 aliphatic heterocycles. The van der Waals surface area contributed by atoms with Crippen LogP contribution in [0.25, 0.3) is 0 Å². The van der Waals surface area contributed by atoms with E-state index in [0.29, 0.717) is 11.4 Å². The summed E-state index contributed by atoms with van der Waals surface area (Å²) in [6.45, 7) is 1.93. The summed E-state index contributed by atoms with van der Waals surface area (Å²) in [6.07, 6.45) is 1.62. The Morgan fingerprint density at radius 1 is 1.28 bits per heavy atom. The van der Waals surface area contributed by atoms with Gasteiger partial charge in [-0.25, -0.2) is 14.4 Å². The standard InChI is InChI=1S/C13H12ClFN2O/c1-9-11(6-14)7-16-13(17-9)18-8-10-4-2-3-5-12(10)15/h2-5,7H,6,8H2,1H3.